The third-order valence-corrected chi connectivity index (χ3v) is 4.52. The van der Waals surface area contributed by atoms with Crippen molar-refractivity contribution in [2.45, 2.75) is 12.5 Å². The summed E-state index contributed by atoms with van der Waals surface area (Å²) in [5.74, 6) is -0.279. The average molecular weight is 408 g/mol. The van der Waals surface area contributed by atoms with Crippen LogP contribution in [0.5, 0.6) is 0 Å². The summed E-state index contributed by atoms with van der Waals surface area (Å²) >= 11 is 7.46. The summed E-state index contributed by atoms with van der Waals surface area (Å²) < 4.78 is 0. The normalized spacial score (nSPS) is 11.5. The van der Waals surface area contributed by atoms with E-state index >= 15 is 0 Å². The second-order valence-corrected chi connectivity index (χ2v) is 7.04. The summed E-state index contributed by atoms with van der Waals surface area (Å²) in [5.41, 5.74) is 0.451. The zero-order valence-corrected chi connectivity index (χ0v) is 16.0. The van der Waals surface area contributed by atoms with Crippen molar-refractivity contribution in [3.05, 3.63) is 69.2 Å². The first kappa shape index (κ1) is 20.7. The maximum Gasteiger partial charge on any atom is 0.270 e. The lowest BCUT2D eigenvalue weighted by Crippen LogP contribution is -2.44. The summed E-state index contributed by atoms with van der Waals surface area (Å²) in [6.07, 6.45) is 2.31. The van der Waals surface area contributed by atoms with E-state index in [1.807, 2.05) is 6.26 Å². The van der Waals surface area contributed by atoms with Crippen molar-refractivity contribution in [2.24, 2.45) is 0 Å². The molecule has 1 atom stereocenters. The molecule has 2 aromatic rings. The fourth-order valence-corrected chi connectivity index (χ4v) is 2.96. The molecule has 0 aromatic heterocycles. The summed E-state index contributed by atoms with van der Waals surface area (Å²) in [5, 5.41) is 16.7. The Morgan fingerprint density at radius 3 is 2.63 bits per heavy atom. The van der Waals surface area contributed by atoms with Crippen LogP contribution in [0.3, 0.4) is 0 Å². The molecule has 0 heterocycles. The number of benzene rings is 2. The van der Waals surface area contributed by atoms with E-state index in [0.717, 1.165) is 0 Å². The van der Waals surface area contributed by atoms with Gasteiger partial charge in [-0.25, -0.2) is 0 Å². The van der Waals surface area contributed by atoms with Gasteiger partial charge in [-0.15, -0.1) is 0 Å². The molecular formula is C18H18ClN3O4S. The number of carbonyl (C=O) groups excluding carboxylic acids is 2. The smallest absolute Gasteiger partial charge is 0.270 e. The first-order chi connectivity index (χ1) is 12.9. The van der Waals surface area contributed by atoms with Crippen LogP contribution in [0.4, 0.5) is 11.4 Å². The number of nitrogens with zero attached hydrogens (tertiary/aromatic N) is 1. The molecule has 2 aromatic carbocycles. The van der Waals surface area contributed by atoms with E-state index in [9.17, 15) is 19.7 Å². The zero-order chi connectivity index (χ0) is 19.8. The van der Waals surface area contributed by atoms with E-state index in [2.05, 4.69) is 10.6 Å². The maximum absolute atomic E-state index is 12.6. The molecule has 0 radical (unpaired) electrons. The molecule has 0 bridgehead atoms. The van der Waals surface area contributed by atoms with E-state index < -0.39 is 16.9 Å². The van der Waals surface area contributed by atoms with Crippen molar-refractivity contribution < 1.29 is 14.5 Å². The molecular weight excluding hydrogens is 390 g/mol. The highest BCUT2D eigenvalue weighted by Crippen LogP contribution is 2.16. The van der Waals surface area contributed by atoms with E-state index in [1.165, 1.54) is 24.3 Å². The Balaban J connectivity index is 2.13. The molecule has 0 saturated carbocycles. The van der Waals surface area contributed by atoms with Gasteiger partial charge in [0.05, 0.1) is 4.92 Å². The average Bonchev–Trinajstić information content (AvgIpc) is 2.65. The van der Waals surface area contributed by atoms with Gasteiger partial charge in [0.25, 0.3) is 11.6 Å². The minimum absolute atomic E-state index is 0.119. The Kier molecular flexibility index (Phi) is 7.63. The molecule has 2 N–H and O–H groups in total. The zero-order valence-electron chi connectivity index (χ0n) is 14.5. The van der Waals surface area contributed by atoms with E-state index in [1.54, 1.807) is 36.0 Å². The van der Waals surface area contributed by atoms with Gasteiger partial charge in [0.15, 0.2) is 0 Å². The summed E-state index contributed by atoms with van der Waals surface area (Å²) in [4.78, 5) is 35.3. The molecule has 7 nitrogen and oxygen atoms in total. The largest absolute Gasteiger partial charge is 0.340 e. The van der Waals surface area contributed by atoms with E-state index in [0.29, 0.717) is 22.9 Å². The van der Waals surface area contributed by atoms with Gasteiger partial charge in [0.2, 0.25) is 5.91 Å². The summed E-state index contributed by atoms with van der Waals surface area (Å²) in [6.45, 7) is 0. The van der Waals surface area contributed by atoms with Gasteiger partial charge in [0.1, 0.15) is 6.04 Å². The molecule has 0 unspecified atom stereocenters. The predicted molar refractivity (Wildman–Crippen MR) is 107 cm³/mol. The number of rotatable bonds is 8. The number of nitrogens with one attached hydrogen (secondary N) is 2. The van der Waals surface area contributed by atoms with Crippen molar-refractivity contribution >= 4 is 46.6 Å². The van der Waals surface area contributed by atoms with Crippen molar-refractivity contribution in [3.8, 4) is 0 Å². The molecule has 2 rings (SSSR count). The molecule has 0 spiro atoms. The third-order valence-electron chi connectivity index (χ3n) is 3.64. The van der Waals surface area contributed by atoms with Gasteiger partial charge < -0.3 is 10.6 Å². The number of amides is 2. The Labute approximate surface area is 165 Å². The third kappa shape index (κ3) is 6.26. The Bertz CT molecular complexity index is 847. The number of hydrogen-bond donors (Lipinski definition) is 2. The molecule has 2 amide bonds. The van der Waals surface area contributed by atoms with Crippen LogP contribution in [-0.4, -0.2) is 34.8 Å². The van der Waals surface area contributed by atoms with Gasteiger partial charge in [-0.2, -0.15) is 11.8 Å². The van der Waals surface area contributed by atoms with Crippen LogP contribution >= 0.6 is 23.4 Å². The number of nitro benzene ring substituents is 1. The van der Waals surface area contributed by atoms with E-state index in [4.69, 9.17) is 11.6 Å². The van der Waals surface area contributed by atoms with Crippen LogP contribution in [0.25, 0.3) is 0 Å². The highest BCUT2D eigenvalue weighted by atomic mass is 35.5. The second kappa shape index (κ2) is 9.94. The second-order valence-electron chi connectivity index (χ2n) is 5.61. The first-order valence-corrected chi connectivity index (χ1v) is 9.78. The number of thioether (sulfide) groups is 1. The highest BCUT2D eigenvalue weighted by Gasteiger charge is 2.22. The lowest BCUT2D eigenvalue weighted by atomic mass is 10.1. The van der Waals surface area contributed by atoms with E-state index in [-0.39, 0.29) is 17.2 Å². The molecule has 0 aliphatic rings. The lowest BCUT2D eigenvalue weighted by molar-refractivity contribution is -0.384. The number of hydrogen-bond acceptors (Lipinski definition) is 5. The Hall–Kier alpha value is -2.58. The molecule has 9 heteroatoms. The van der Waals surface area contributed by atoms with Gasteiger partial charge in [-0.3, -0.25) is 19.7 Å². The predicted octanol–water partition coefficient (Wildman–Crippen LogP) is 3.74. The molecule has 0 saturated heterocycles. The van der Waals surface area contributed by atoms with Crippen molar-refractivity contribution in [3.63, 3.8) is 0 Å². The maximum atomic E-state index is 12.6. The van der Waals surface area contributed by atoms with Crippen molar-refractivity contribution in [1.29, 1.82) is 0 Å². The van der Waals surface area contributed by atoms with Crippen LogP contribution in [0.1, 0.15) is 16.8 Å². The lowest BCUT2D eigenvalue weighted by Gasteiger charge is -2.18. The first-order valence-electron chi connectivity index (χ1n) is 8.01. The topological polar surface area (TPSA) is 101 Å². The summed E-state index contributed by atoms with van der Waals surface area (Å²) in [6, 6.07) is 11.3. The molecule has 0 aliphatic carbocycles. The number of nitro groups is 1. The standard InChI is InChI=1S/C18H18ClN3O4S/c1-27-9-8-16(18(24)20-14-6-3-5-13(19)11-14)21-17(23)12-4-2-7-15(10-12)22(25)26/h2-7,10-11,16H,8-9H2,1H3,(H,20,24)(H,21,23)/t16-/m1/s1. The Morgan fingerprint density at radius 2 is 1.96 bits per heavy atom. The van der Waals surface area contributed by atoms with Crippen LogP contribution < -0.4 is 10.6 Å². The van der Waals surface area contributed by atoms with Crippen LogP contribution in [0.15, 0.2) is 48.5 Å². The molecule has 142 valence electrons. The Morgan fingerprint density at radius 1 is 1.22 bits per heavy atom. The van der Waals surface area contributed by atoms with Gasteiger partial charge in [-0.05, 0) is 42.7 Å². The van der Waals surface area contributed by atoms with Crippen LogP contribution in [0.2, 0.25) is 5.02 Å². The minimum Gasteiger partial charge on any atom is -0.340 e. The highest BCUT2D eigenvalue weighted by molar-refractivity contribution is 7.98. The van der Waals surface area contributed by atoms with Gasteiger partial charge in [-0.1, -0.05) is 23.7 Å². The monoisotopic (exact) mass is 407 g/mol. The molecule has 0 aliphatic heterocycles. The van der Waals surface area contributed by atoms with Crippen LogP contribution in [0, 0.1) is 10.1 Å². The van der Waals surface area contributed by atoms with Crippen molar-refractivity contribution in [2.75, 3.05) is 17.3 Å². The molecule has 0 fully saturated rings. The minimum atomic E-state index is -0.789. The number of anilines is 1. The fraction of sp³-hybridized carbons (Fsp3) is 0.222. The van der Waals surface area contributed by atoms with Crippen LogP contribution in [-0.2, 0) is 4.79 Å². The summed E-state index contributed by atoms with van der Waals surface area (Å²) in [7, 11) is 0. The van der Waals surface area contributed by atoms with Gasteiger partial charge >= 0.3 is 0 Å². The SMILES string of the molecule is CSCC[C@@H](NC(=O)c1cccc([N+](=O)[O-])c1)C(=O)Nc1cccc(Cl)c1. The number of halogens is 1. The van der Waals surface area contributed by atoms with Crippen molar-refractivity contribution in [1.82, 2.24) is 5.32 Å². The molecule has 27 heavy (non-hydrogen) atoms. The number of non-ortho nitro benzene ring substituents is 1. The number of carbonyl (C=O) groups is 2. The van der Waals surface area contributed by atoms with Gasteiger partial charge in [0, 0.05) is 28.4 Å². The fourth-order valence-electron chi connectivity index (χ4n) is 2.30. The quantitative estimate of drug-likeness (QED) is 0.512.